The van der Waals surface area contributed by atoms with E-state index in [1.54, 1.807) is 25.1 Å². The zero-order valence-corrected chi connectivity index (χ0v) is 24.9. The number of halogens is 3. The molecule has 1 saturated heterocycles. The third-order valence-corrected chi connectivity index (χ3v) is 8.95. The molecule has 3 aliphatic rings. The minimum Gasteiger partial charge on any atom is -0.335 e. The van der Waals surface area contributed by atoms with Crippen LogP contribution in [0.5, 0.6) is 0 Å². The smallest absolute Gasteiger partial charge is 0.335 e. The van der Waals surface area contributed by atoms with Crippen molar-refractivity contribution in [3.63, 3.8) is 0 Å². The van der Waals surface area contributed by atoms with Gasteiger partial charge in [-0.2, -0.15) is 13.2 Å². The quantitative estimate of drug-likeness (QED) is 0.361. The number of benzene rings is 2. The lowest BCUT2D eigenvalue weighted by Gasteiger charge is -2.33. The number of anilines is 1. The first-order valence-electron chi connectivity index (χ1n) is 14.9. The second-order valence-corrected chi connectivity index (χ2v) is 12.5. The van der Waals surface area contributed by atoms with E-state index in [-0.39, 0.29) is 29.6 Å². The normalized spacial score (nSPS) is 23.1. The number of carbonyl (C=O) groups excluding carboxylic acids is 2. The lowest BCUT2D eigenvalue weighted by atomic mass is 9.72. The van der Waals surface area contributed by atoms with Crippen molar-refractivity contribution < 1.29 is 22.8 Å². The van der Waals surface area contributed by atoms with Gasteiger partial charge in [0, 0.05) is 49.0 Å². The monoisotopic (exact) mass is 582 g/mol. The van der Waals surface area contributed by atoms with Crippen LogP contribution in [0.1, 0.15) is 84.1 Å². The van der Waals surface area contributed by atoms with Crippen molar-refractivity contribution in [1.82, 2.24) is 15.1 Å². The molecule has 5 rings (SSSR count). The third kappa shape index (κ3) is 6.42. The Bertz CT molecular complexity index is 1350. The predicted octanol–water partition coefficient (Wildman–Crippen LogP) is 6.14. The summed E-state index contributed by atoms with van der Waals surface area (Å²) in [4.78, 5) is 31.6. The summed E-state index contributed by atoms with van der Waals surface area (Å²) in [5.74, 6) is 0.652. The van der Waals surface area contributed by atoms with Gasteiger partial charge in [0.15, 0.2) is 0 Å². The lowest BCUT2D eigenvalue weighted by Crippen LogP contribution is -2.41. The fourth-order valence-corrected chi connectivity index (χ4v) is 6.49. The highest BCUT2D eigenvalue weighted by Crippen LogP contribution is 2.44. The van der Waals surface area contributed by atoms with E-state index >= 15 is 0 Å². The Morgan fingerprint density at radius 2 is 1.95 bits per heavy atom. The molecule has 226 valence electrons. The predicted molar refractivity (Wildman–Crippen MR) is 158 cm³/mol. The van der Waals surface area contributed by atoms with Crippen LogP contribution in [0.4, 0.5) is 18.9 Å². The van der Waals surface area contributed by atoms with Crippen LogP contribution < -0.4 is 10.2 Å². The molecule has 1 aliphatic carbocycles. The van der Waals surface area contributed by atoms with Crippen LogP contribution in [0.15, 0.2) is 48.6 Å². The molecule has 0 spiro atoms. The van der Waals surface area contributed by atoms with Crippen molar-refractivity contribution in [1.29, 1.82) is 0 Å². The Kier molecular flexibility index (Phi) is 8.81. The fraction of sp³-hybridized carbons (Fsp3) is 0.515. The number of nitrogens with zero attached hydrogens (tertiary/aromatic N) is 3. The highest BCUT2D eigenvalue weighted by molar-refractivity contribution is 6.10. The summed E-state index contributed by atoms with van der Waals surface area (Å²) in [6.45, 7) is 5.70. The van der Waals surface area contributed by atoms with Crippen LogP contribution >= 0.6 is 0 Å². The van der Waals surface area contributed by atoms with Crippen molar-refractivity contribution >= 4 is 17.5 Å². The molecule has 2 aromatic rings. The molecule has 0 aromatic heterocycles. The Morgan fingerprint density at radius 3 is 2.64 bits per heavy atom. The highest BCUT2D eigenvalue weighted by Gasteiger charge is 2.41. The molecule has 2 unspecified atom stereocenters. The van der Waals surface area contributed by atoms with Crippen LogP contribution in [0.2, 0.25) is 0 Å². The van der Waals surface area contributed by atoms with E-state index < -0.39 is 23.7 Å². The lowest BCUT2D eigenvalue weighted by molar-refractivity contribution is -0.138. The molecule has 6 nitrogen and oxygen atoms in total. The number of likely N-dealkylation sites (tertiary alicyclic amines) is 1. The van der Waals surface area contributed by atoms with Gasteiger partial charge in [-0.05, 0) is 99.5 Å². The summed E-state index contributed by atoms with van der Waals surface area (Å²) < 4.78 is 43.0. The zero-order valence-electron chi connectivity index (χ0n) is 24.9. The van der Waals surface area contributed by atoms with Crippen molar-refractivity contribution in [2.45, 2.75) is 70.3 Å². The summed E-state index contributed by atoms with van der Waals surface area (Å²) >= 11 is 0. The van der Waals surface area contributed by atoms with E-state index in [0.29, 0.717) is 42.7 Å². The minimum absolute atomic E-state index is 0.0307. The van der Waals surface area contributed by atoms with Crippen molar-refractivity contribution in [2.24, 2.45) is 5.92 Å². The SMILES string of the molecule is CC1CC(c2cccc(N3Cc4c(cc(C(C)NCC5CCCN5C(=O)/C=C/CN(C)C)cc4C(F)(F)F)C3=O)c2)C1. The van der Waals surface area contributed by atoms with Crippen molar-refractivity contribution in [2.75, 3.05) is 38.6 Å². The molecule has 42 heavy (non-hydrogen) atoms. The maximum absolute atomic E-state index is 14.3. The number of rotatable bonds is 9. The molecule has 2 heterocycles. The maximum atomic E-state index is 14.3. The van der Waals surface area contributed by atoms with Gasteiger partial charge in [0.05, 0.1) is 12.1 Å². The first-order chi connectivity index (χ1) is 19.9. The largest absolute Gasteiger partial charge is 0.416 e. The summed E-state index contributed by atoms with van der Waals surface area (Å²) in [6, 6.07) is 10.0. The third-order valence-electron chi connectivity index (χ3n) is 8.95. The van der Waals surface area contributed by atoms with Gasteiger partial charge in [-0.3, -0.25) is 9.59 Å². The summed E-state index contributed by atoms with van der Waals surface area (Å²) in [5, 5.41) is 3.35. The fourth-order valence-electron chi connectivity index (χ4n) is 6.49. The number of amides is 2. The standard InChI is InChI=1S/C33H41F3N4O2/c1-21-14-25(15-21)23-8-5-9-26(16-23)40-20-29-28(32(40)42)17-24(18-30(29)33(34,35)36)22(2)37-19-27-10-6-13-39(27)31(41)11-7-12-38(3)4/h5,7-9,11,16-18,21-22,25,27,37H,6,10,12-15,19-20H2,1-4H3/b11-7+. The maximum Gasteiger partial charge on any atom is 0.416 e. The van der Waals surface area contributed by atoms with Crippen molar-refractivity contribution in [3.8, 4) is 0 Å². The number of likely N-dealkylation sites (N-methyl/N-ethyl adjacent to an activating group) is 1. The van der Waals surface area contributed by atoms with Gasteiger partial charge in [0.2, 0.25) is 5.91 Å². The average molecular weight is 583 g/mol. The van der Waals surface area contributed by atoms with Gasteiger partial charge < -0.3 is 20.0 Å². The molecule has 9 heteroatoms. The molecule has 2 atom stereocenters. The van der Waals surface area contributed by atoms with E-state index in [4.69, 9.17) is 0 Å². The molecule has 2 aromatic carbocycles. The molecule has 2 aliphatic heterocycles. The number of alkyl halides is 3. The summed E-state index contributed by atoms with van der Waals surface area (Å²) in [5.41, 5.74) is 1.57. The molecular weight excluding hydrogens is 541 g/mol. The first-order valence-corrected chi connectivity index (χ1v) is 14.9. The Labute approximate surface area is 246 Å². The second-order valence-electron chi connectivity index (χ2n) is 12.5. The van der Waals surface area contributed by atoms with Gasteiger partial charge in [0.25, 0.3) is 5.91 Å². The van der Waals surface area contributed by atoms with E-state index in [0.717, 1.165) is 31.2 Å². The van der Waals surface area contributed by atoms with Crippen LogP contribution in [0.3, 0.4) is 0 Å². The Balaban J connectivity index is 1.32. The first kappa shape index (κ1) is 30.3. The summed E-state index contributed by atoms with van der Waals surface area (Å²) in [6.07, 6.45) is 2.73. The molecule has 1 N–H and O–H groups in total. The second kappa shape index (κ2) is 12.2. The van der Waals surface area contributed by atoms with E-state index in [9.17, 15) is 22.8 Å². The van der Waals surface area contributed by atoms with Gasteiger partial charge in [-0.1, -0.05) is 25.1 Å². The molecule has 2 amide bonds. The number of carbonyl (C=O) groups is 2. The van der Waals surface area contributed by atoms with Crippen LogP contribution in [-0.4, -0.2) is 61.4 Å². The van der Waals surface area contributed by atoms with Gasteiger partial charge in [-0.25, -0.2) is 0 Å². The van der Waals surface area contributed by atoms with E-state index in [1.165, 1.54) is 11.0 Å². The molecular formula is C33H41F3N4O2. The van der Waals surface area contributed by atoms with Crippen LogP contribution in [-0.2, 0) is 17.5 Å². The topological polar surface area (TPSA) is 55.9 Å². The molecule has 1 saturated carbocycles. The summed E-state index contributed by atoms with van der Waals surface area (Å²) in [7, 11) is 3.86. The highest BCUT2D eigenvalue weighted by atomic mass is 19.4. The van der Waals surface area contributed by atoms with E-state index in [1.807, 2.05) is 48.2 Å². The Hall–Kier alpha value is -3.17. The van der Waals surface area contributed by atoms with Gasteiger partial charge in [-0.15, -0.1) is 0 Å². The number of hydrogen-bond acceptors (Lipinski definition) is 4. The van der Waals surface area contributed by atoms with E-state index in [2.05, 4.69) is 12.2 Å². The molecule has 0 radical (unpaired) electrons. The number of hydrogen-bond donors (Lipinski definition) is 1. The zero-order chi connectivity index (χ0) is 30.2. The van der Waals surface area contributed by atoms with Crippen molar-refractivity contribution in [3.05, 3.63) is 76.4 Å². The van der Waals surface area contributed by atoms with Gasteiger partial charge >= 0.3 is 6.18 Å². The number of nitrogens with one attached hydrogen (secondary N) is 1. The Morgan fingerprint density at radius 1 is 1.19 bits per heavy atom. The number of fused-ring (bicyclic) bond motifs is 1. The minimum atomic E-state index is -4.59. The molecule has 0 bridgehead atoms. The van der Waals surface area contributed by atoms with Crippen LogP contribution in [0.25, 0.3) is 0 Å². The van der Waals surface area contributed by atoms with Gasteiger partial charge in [0.1, 0.15) is 0 Å². The van der Waals surface area contributed by atoms with Crippen LogP contribution in [0, 0.1) is 5.92 Å². The molecule has 2 fully saturated rings. The average Bonchev–Trinajstić information content (AvgIpc) is 3.53.